The van der Waals surface area contributed by atoms with Crippen molar-refractivity contribution >= 4 is 92.3 Å². The van der Waals surface area contributed by atoms with Crippen LogP contribution >= 0.6 is 21.6 Å². The summed E-state index contributed by atoms with van der Waals surface area (Å²) in [6.07, 6.45) is -2.14. The fourth-order valence-corrected chi connectivity index (χ4v) is 10.4. The van der Waals surface area contributed by atoms with E-state index in [1.54, 1.807) is 42.5 Å². The van der Waals surface area contributed by atoms with Crippen LogP contribution in [0, 0.1) is 5.92 Å². The molecule has 0 aliphatic carbocycles. The molecule has 2 heterocycles. The molecule has 2 fully saturated rings. The van der Waals surface area contributed by atoms with Crippen molar-refractivity contribution < 1.29 is 57.8 Å². The molecule has 6 unspecified atom stereocenters. The Bertz CT molecular complexity index is 2370. The lowest BCUT2D eigenvalue weighted by molar-refractivity contribution is -0.142. The van der Waals surface area contributed by atoms with Gasteiger partial charge in [-0.25, -0.2) is 0 Å². The van der Waals surface area contributed by atoms with Gasteiger partial charge in [-0.3, -0.25) is 57.7 Å². The van der Waals surface area contributed by atoms with Crippen LogP contribution < -0.4 is 55.3 Å². The first-order valence-corrected chi connectivity index (χ1v) is 26.5. The molecule has 0 aromatic heterocycles. The number of amides is 9. The highest BCUT2D eigenvalue weighted by Gasteiger charge is 2.40. The number of aliphatic imine (C=N–C) groups is 1. The summed E-state index contributed by atoms with van der Waals surface area (Å²) in [6, 6.07) is 6.76. The van der Waals surface area contributed by atoms with Crippen LogP contribution in [0.4, 0.5) is 0 Å². The summed E-state index contributed by atoms with van der Waals surface area (Å²) in [5.41, 5.74) is 28.3. The first kappa shape index (κ1) is 59.3. The summed E-state index contributed by atoms with van der Waals surface area (Å²) in [4.78, 5) is 154. The van der Waals surface area contributed by atoms with E-state index in [-0.39, 0.29) is 94.1 Å². The van der Waals surface area contributed by atoms with Gasteiger partial charge in [0.25, 0.3) is 0 Å². The zero-order chi connectivity index (χ0) is 54.3. The first-order chi connectivity index (χ1) is 35.2. The van der Waals surface area contributed by atoms with Gasteiger partial charge in [-0.2, -0.15) is 0 Å². The number of nitrogens with zero attached hydrogens (tertiary/aromatic N) is 2. The largest absolute Gasteiger partial charge is 0.508 e. The van der Waals surface area contributed by atoms with E-state index < -0.39 is 126 Å². The lowest BCUT2D eigenvalue weighted by atomic mass is 9.92. The van der Waals surface area contributed by atoms with Gasteiger partial charge in [0.1, 0.15) is 29.9 Å². The molecule has 2 aliphatic rings. The molecule has 2 aromatic carbocycles. The molecule has 0 bridgehead atoms. The minimum Gasteiger partial charge on any atom is -0.508 e. The van der Waals surface area contributed by atoms with E-state index in [4.69, 9.17) is 28.7 Å². The number of phenols is 1. The topological polar surface area (TPSA) is 414 Å². The van der Waals surface area contributed by atoms with Gasteiger partial charge in [-0.1, -0.05) is 64.1 Å². The Kier molecular flexibility index (Phi) is 24.1. The van der Waals surface area contributed by atoms with Gasteiger partial charge in [0.2, 0.25) is 53.2 Å². The maximum atomic E-state index is 14.6. The number of nitrogens with one attached hydrogen (secondary N) is 5. The second-order valence-electron chi connectivity index (χ2n) is 17.9. The van der Waals surface area contributed by atoms with Crippen LogP contribution in [0.3, 0.4) is 0 Å². The van der Waals surface area contributed by atoms with Crippen LogP contribution in [-0.2, 0) is 65.6 Å². The van der Waals surface area contributed by atoms with Gasteiger partial charge >= 0.3 is 0 Å². The molecule has 402 valence electrons. The number of rotatable bonds is 20. The summed E-state index contributed by atoms with van der Waals surface area (Å²) >= 11 is 0. The molecule has 9 amide bonds. The average molecular weight is 1070 g/mol. The van der Waals surface area contributed by atoms with Gasteiger partial charge in [0.15, 0.2) is 17.5 Å². The second kappa shape index (κ2) is 30.1. The fourth-order valence-electron chi connectivity index (χ4n) is 8.22. The van der Waals surface area contributed by atoms with E-state index >= 15 is 0 Å². The number of primary amides is 3. The van der Waals surface area contributed by atoms with E-state index in [9.17, 15) is 57.8 Å². The van der Waals surface area contributed by atoms with E-state index in [1.165, 1.54) is 17.0 Å². The van der Waals surface area contributed by atoms with Crippen molar-refractivity contribution in [1.29, 1.82) is 0 Å². The molecular formula is C48H66N12O12S2. The van der Waals surface area contributed by atoms with Crippen LogP contribution in [0.2, 0.25) is 0 Å². The predicted octanol–water partition coefficient (Wildman–Crippen LogP) is -2.02. The van der Waals surface area contributed by atoms with Gasteiger partial charge in [-0.05, 0) is 55.4 Å². The standard InChI is InChI=1S/C48H66N12O12S2/c49-39(64)16-14-32-38(63)24-29(25-41(51)66)43(68)59-35(47(72)60-20-5-9-36(60)46(71)57-31(8-4-19-54-48(52)53)37(62)15-17-40(50)65)26-74-73-21-18-42(67)55-33(23-28-10-12-30(61)13-11-28)44(69)58-34(45(70)56-32)22-27-6-2-1-3-7-27/h1-3,6-7,10-13,29,31-36,61H,4-5,8-9,14-26H2,(H2,49,64)(H2,50,65)(H2,51,66)(H,55,67)(H,56,70)(H,57,71)(H,58,69)(H,59,68)(H4,52,53,54)/t29?,31-,32?,33?,34?,35?,36?/m1/s1. The van der Waals surface area contributed by atoms with Gasteiger partial charge in [0.05, 0.1) is 18.0 Å². The van der Waals surface area contributed by atoms with Crippen LogP contribution in [0.25, 0.3) is 0 Å². The van der Waals surface area contributed by atoms with Crippen molar-refractivity contribution in [2.24, 2.45) is 39.6 Å². The third kappa shape index (κ3) is 20.4. The number of Topliss-reactive ketones (excluding diaryl/α,β-unsaturated/α-hetero) is 2. The number of benzene rings is 2. The van der Waals surface area contributed by atoms with Gasteiger partial charge in [-0.15, -0.1) is 0 Å². The Hall–Kier alpha value is -7.22. The number of aromatic hydroxyl groups is 1. The van der Waals surface area contributed by atoms with Crippen LogP contribution in [0.5, 0.6) is 5.75 Å². The third-order valence-corrected chi connectivity index (χ3v) is 14.5. The zero-order valence-corrected chi connectivity index (χ0v) is 42.4. The van der Waals surface area contributed by atoms with Crippen molar-refractivity contribution in [3.63, 3.8) is 0 Å². The monoisotopic (exact) mass is 1070 g/mol. The Morgan fingerprint density at radius 2 is 1.38 bits per heavy atom. The number of hydrogen-bond acceptors (Lipinski definition) is 15. The number of likely N-dealkylation sites (tertiary alicyclic amines) is 1. The Morgan fingerprint density at radius 3 is 2.01 bits per heavy atom. The minimum absolute atomic E-state index is 0.0345. The molecule has 2 aliphatic heterocycles. The molecule has 16 N–H and O–H groups in total. The number of nitrogens with two attached hydrogens (primary N) is 5. The van der Waals surface area contributed by atoms with E-state index in [2.05, 4.69) is 31.6 Å². The number of guanidine groups is 1. The SMILES string of the molecule is NC(=O)CCC(=O)[C@@H](CCCN=C(N)N)NC(=O)C1CCCN1C(=O)C1CSSCCC(=O)NC(Cc2ccc(O)cc2)C(=O)NC(Cc2ccccc2)C(=O)NC(CCC(N)=O)C(=O)CC(CC(N)=O)C(=O)N1. The minimum atomic E-state index is -1.51. The smallest absolute Gasteiger partial charge is 0.246 e. The van der Waals surface area contributed by atoms with E-state index in [0.29, 0.717) is 17.5 Å². The van der Waals surface area contributed by atoms with Crippen molar-refractivity contribution in [3.8, 4) is 5.75 Å². The summed E-state index contributed by atoms with van der Waals surface area (Å²) < 4.78 is 0. The molecule has 74 heavy (non-hydrogen) atoms. The molecule has 26 heteroatoms. The quantitative estimate of drug-likeness (QED) is 0.0295. The number of carbonyl (C=O) groups excluding carboxylic acids is 11. The molecule has 24 nitrogen and oxygen atoms in total. The van der Waals surface area contributed by atoms with Crippen LogP contribution in [0.15, 0.2) is 59.6 Å². The molecular weight excluding hydrogens is 1000 g/mol. The maximum Gasteiger partial charge on any atom is 0.246 e. The second-order valence-corrected chi connectivity index (χ2v) is 20.5. The first-order valence-electron chi connectivity index (χ1n) is 24.0. The predicted molar refractivity (Wildman–Crippen MR) is 275 cm³/mol. The number of hydrogen-bond donors (Lipinski definition) is 11. The molecule has 7 atom stereocenters. The highest BCUT2D eigenvalue weighted by Crippen LogP contribution is 2.27. The highest BCUT2D eigenvalue weighted by atomic mass is 33.1. The number of phenolic OH excluding ortho intramolecular Hbond substituents is 1. The lowest BCUT2D eigenvalue weighted by Crippen LogP contribution is -2.57. The molecule has 0 saturated carbocycles. The normalized spacial score (nSPS) is 21.9. The summed E-state index contributed by atoms with van der Waals surface area (Å²) in [7, 11) is 2.24. The zero-order valence-electron chi connectivity index (χ0n) is 40.8. The Labute approximate surface area is 435 Å². The van der Waals surface area contributed by atoms with Crippen molar-refractivity contribution in [2.45, 2.75) is 120 Å². The summed E-state index contributed by atoms with van der Waals surface area (Å²) in [6.45, 7) is 0.188. The molecule has 2 aromatic rings. The molecule has 4 rings (SSSR count). The lowest BCUT2D eigenvalue weighted by Gasteiger charge is -2.30. The molecule has 0 radical (unpaired) electrons. The van der Waals surface area contributed by atoms with Crippen molar-refractivity contribution in [1.82, 2.24) is 31.5 Å². The summed E-state index contributed by atoms with van der Waals surface area (Å²) in [5, 5.41) is 23.3. The fraction of sp³-hybridized carbons (Fsp3) is 0.500. The van der Waals surface area contributed by atoms with Gasteiger partial charge in [0, 0.05) is 76.0 Å². The Balaban J connectivity index is 1.68. The van der Waals surface area contributed by atoms with Gasteiger partial charge < -0.3 is 65.3 Å². The van der Waals surface area contributed by atoms with Crippen molar-refractivity contribution in [2.75, 3.05) is 24.6 Å². The molecule has 2 saturated heterocycles. The number of carbonyl (C=O) groups is 11. The Morgan fingerprint density at radius 1 is 0.743 bits per heavy atom. The van der Waals surface area contributed by atoms with E-state index in [1.807, 2.05) is 0 Å². The van der Waals surface area contributed by atoms with Crippen LogP contribution in [0.1, 0.15) is 81.8 Å². The van der Waals surface area contributed by atoms with Crippen LogP contribution in [-0.4, -0.2) is 142 Å². The maximum absolute atomic E-state index is 14.6. The highest BCUT2D eigenvalue weighted by molar-refractivity contribution is 8.76. The molecule has 0 spiro atoms. The summed E-state index contributed by atoms with van der Waals surface area (Å²) in [5.74, 6) is -10.2. The number of ketones is 2. The average Bonchev–Trinajstić information content (AvgIpc) is 3.85. The van der Waals surface area contributed by atoms with E-state index in [0.717, 1.165) is 21.6 Å². The third-order valence-electron chi connectivity index (χ3n) is 12.0. The van der Waals surface area contributed by atoms with Crippen molar-refractivity contribution in [3.05, 3.63) is 65.7 Å².